The summed E-state index contributed by atoms with van der Waals surface area (Å²) in [7, 11) is 3.58. The molecule has 21 heavy (non-hydrogen) atoms. The van der Waals surface area contributed by atoms with Gasteiger partial charge in [-0.15, -0.1) is 0 Å². The summed E-state index contributed by atoms with van der Waals surface area (Å²) in [5.41, 5.74) is -0.335. The van der Waals surface area contributed by atoms with E-state index in [0.29, 0.717) is 5.16 Å². The Labute approximate surface area is 126 Å². The van der Waals surface area contributed by atoms with Crippen molar-refractivity contribution in [3.63, 3.8) is 0 Å². The largest absolute Gasteiger partial charge is 0.339 e. The van der Waals surface area contributed by atoms with Gasteiger partial charge in [-0.05, 0) is 36.9 Å². The Morgan fingerprint density at radius 3 is 2.76 bits per heavy atom. The summed E-state index contributed by atoms with van der Waals surface area (Å²) in [5, 5.41) is 6.18. The van der Waals surface area contributed by atoms with E-state index < -0.39 is 11.1 Å². The van der Waals surface area contributed by atoms with E-state index in [1.54, 1.807) is 7.05 Å². The highest BCUT2D eigenvalue weighted by atomic mass is 32.2. The lowest BCUT2D eigenvalue weighted by Gasteiger charge is -2.18. The van der Waals surface area contributed by atoms with Crippen molar-refractivity contribution in [1.82, 2.24) is 20.1 Å². The molecule has 1 aromatic heterocycles. The molecule has 6 nitrogen and oxygen atoms in total. The van der Waals surface area contributed by atoms with Crippen molar-refractivity contribution >= 4 is 11.8 Å². The van der Waals surface area contributed by atoms with Crippen LogP contribution in [0.3, 0.4) is 0 Å². The van der Waals surface area contributed by atoms with Crippen LogP contribution in [0.2, 0.25) is 0 Å². The van der Waals surface area contributed by atoms with Crippen molar-refractivity contribution in [2.45, 2.75) is 29.4 Å². The lowest BCUT2D eigenvalue weighted by Crippen LogP contribution is -2.33. The normalized spacial score (nSPS) is 12.3. The maximum Gasteiger partial charge on any atom is 0.339 e. The molecule has 0 saturated carbocycles. The monoisotopic (exact) mass is 306 g/mol. The second kappa shape index (κ2) is 6.73. The summed E-state index contributed by atoms with van der Waals surface area (Å²) in [5.74, 6) is 0. The van der Waals surface area contributed by atoms with Crippen LogP contribution in [-0.4, -0.2) is 21.8 Å². The van der Waals surface area contributed by atoms with Gasteiger partial charge >= 0.3 is 11.1 Å². The van der Waals surface area contributed by atoms with Gasteiger partial charge in [0.15, 0.2) is 5.16 Å². The lowest BCUT2D eigenvalue weighted by atomic mass is 10.1. The molecule has 0 aliphatic carbocycles. The molecule has 2 N–H and O–H groups in total. The average molecular weight is 306 g/mol. The highest BCUT2D eigenvalue weighted by molar-refractivity contribution is 7.99. The minimum Gasteiger partial charge on any atom is -0.313 e. The fourth-order valence-corrected chi connectivity index (χ4v) is 3.07. The molecule has 2 rings (SSSR count). The minimum atomic E-state index is -0.770. The lowest BCUT2D eigenvalue weighted by molar-refractivity contribution is 0.566. The van der Waals surface area contributed by atoms with Gasteiger partial charge in [0.05, 0.1) is 0 Å². The predicted molar refractivity (Wildman–Crippen MR) is 82.8 cm³/mol. The van der Waals surface area contributed by atoms with Gasteiger partial charge in [-0.2, -0.15) is 4.98 Å². The number of hydrogen-bond donors (Lipinski definition) is 2. The molecule has 0 bridgehead atoms. The molecule has 2 aromatic rings. The molecule has 1 aromatic carbocycles. The quantitative estimate of drug-likeness (QED) is 0.814. The van der Waals surface area contributed by atoms with Crippen LogP contribution in [0.1, 0.15) is 24.9 Å². The second-order valence-corrected chi connectivity index (χ2v) is 5.60. The summed E-state index contributed by atoms with van der Waals surface area (Å²) in [4.78, 5) is 27.5. The first-order valence-electron chi connectivity index (χ1n) is 6.68. The van der Waals surface area contributed by atoms with Gasteiger partial charge in [-0.3, -0.25) is 19.4 Å². The highest BCUT2D eigenvalue weighted by Crippen LogP contribution is 2.32. The van der Waals surface area contributed by atoms with Crippen molar-refractivity contribution in [3.05, 3.63) is 50.5 Å². The molecular weight excluding hydrogens is 288 g/mol. The molecule has 1 heterocycles. The molecule has 0 radical (unpaired) electrons. The van der Waals surface area contributed by atoms with Crippen LogP contribution in [0.5, 0.6) is 0 Å². The molecule has 0 fully saturated rings. The molecule has 0 saturated heterocycles. The van der Waals surface area contributed by atoms with E-state index in [2.05, 4.69) is 28.4 Å². The number of hydrogen-bond acceptors (Lipinski definition) is 5. The maximum atomic E-state index is 11.4. The molecule has 7 heteroatoms. The number of aryl methyl sites for hydroxylation is 1. The highest BCUT2D eigenvalue weighted by Gasteiger charge is 2.14. The maximum absolute atomic E-state index is 11.4. The van der Waals surface area contributed by atoms with Gasteiger partial charge < -0.3 is 5.32 Å². The first-order chi connectivity index (χ1) is 10.1. The Morgan fingerprint density at radius 2 is 2.10 bits per heavy atom. The van der Waals surface area contributed by atoms with Crippen LogP contribution in [0.15, 0.2) is 43.9 Å². The van der Waals surface area contributed by atoms with Crippen molar-refractivity contribution in [1.29, 1.82) is 0 Å². The topological polar surface area (TPSA) is 79.8 Å². The Balaban J connectivity index is 2.43. The van der Waals surface area contributed by atoms with Gasteiger partial charge in [0.2, 0.25) is 0 Å². The standard InChI is InChI=1S/C14H18N4O2S/c1-4-10(15-2)9-7-5-6-8-11(9)21-14-16-12(19)13(20)17-18(14)3/h5-8,10,15H,4H2,1-3H3,(H,17,20). The fraction of sp³-hybridized carbons (Fsp3) is 0.357. The van der Waals surface area contributed by atoms with Crippen LogP contribution in [-0.2, 0) is 7.05 Å². The zero-order valence-electron chi connectivity index (χ0n) is 12.2. The first-order valence-corrected chi connectivity index (χ1v) is 7.49. The summed E-state index contributed by atoms with van der Waals surface area (Å²) in [6.07, 6.45) is 0.950. The van der Waals surface area contributed by atoms with Crippen LogP contribution in [0.25, 0.3) is 0 Å². The van der Waals surface area contributed by atoms with E-state index in [0.717, 1.165) is 16.9 Å². The van der Waals surface area contributed by atoms with Crippen LogP contribution >= 0.6 is 11.8 Å². The Kier molecular flexibility index (Phi) is 4.98. The van der Waals surface area contributed by atoms with E-state index >= 15 is 0 Å². The summed E-state index contributed by atoms with van der Waals surface area (Å²) in [6.45, 7) is 2.11. The van der Waals surface area contributed by atoms with Gasteiger partial charge in [0.25, 0.3) is 0 Å². The summed E-state index contributed by atoms with van der Waals surface area (Å²) in [6, 6.07) is 8.19. The van der Waals surface area contributed by atoms with E-state index in [9.17, 15) is 9.59 Å². The van der Waals surface area contributed by atoms with E-state index in [1.165, 1.54) is 16.4 Å². The number of aromatic nitrogens is 3. The zero-order valence-corrected chi connectivity index (χ0v) is 13.0. The molecule has 112 valence electrons. The fourth-order valence-electron chi connectivity index (χ4n) is 2.09. The molecular formula is C14H18N4O2S. The first kappa shape index (κ1) is 15.5. The third-order valence-electron chi connectivity index (χ3n) is 3.20. The number of nitrogens with zero attached hydrogens (tertiary/aromatic N) is 2. The second-order valence-electron chi connectivity index (χ2n) is 4.59. The number of benzene rings is 1. The van der Waals surface area contributed by atoms with Crippen molar-refractivity contribution < 1.29 is 0 Å². The van der Waals surface area contributed by atoms with Gasteiger partial charge in [-0.1, -0.05) is 25.1 Å². The van der Waals surface area contributed by atoms with Crippen molar-refractivity contribution in [3.8, 4) is 0 Å². The van der Waals surface area contributed by atoms with Crippen molar-refractivity contribution in [2.75, 3.05) is 7.05 Å². The minimum absolute atomic E-state index is 0.230. The predicted octanol–water partition coefficient (Wildman–Crippen LogP) is 1.29. The molecule has 0 aliphatic rings. The van der Waals surface area contributed by atoms with Gasteiger partial charge in [0, 0.05) is 18.0 Å². The smallest absolute Gasteiger partial charge is 0.313 e. The Morgan fingerprint density at radius 1 is 1.38 bits per heavy atom. The SMILES string of the molecule is CCC(NC)c1ccccc1Sc1nc(=O)c(=O)[nH]n1C. The molecule has 0 spiro atoms. The third kappa shape index (κ3) is 3.43. The van der Waals surface area contributed by atoms with Crippen LogP contribution in [0.4, 0.5) is 0 Å². The Hall–Kier alpha value is -1.86. The van der Waals surface area contributed by atoms with Crippen LogP contribution in [0, 0.1) is 0 Å². The average Bonchev–Trinajstić information content (AvgIpc) is 2.47. The third-order valence-corrected chi connectivity index (χ3v) is 4.34. The van der Waals surface area contributed by atoms with E-state index in [4.69, 9.17) is 0 Å². The number of rotatable bonds is 5. The molecule has 0 amide bonds. The number of aromatic amines is 1. The Bertz CT molecular complexity index is 734. The molecule has 0 aliphatic heterocycles. The summed E-state index contributed by atoms with van der Waals surface area (Å²) >= 11 is 1.36. The van der Waals surface area contributed by atoms with Gasteiger partial charge in [0.1, 0.15) is 0 Å². The van der Waals surface area contributed by atoms with Crippen LogP contribution < -0.4 is 16.4 Å². The summed E-state index contributed by atoms with van der Waals surface area (Å²) < 4.78 is 1.46. The van der Waals surface area contributed by atoms with Crippen molar-refractivity contribution in [2.24, 2.45) is 7.05 Å². The number of H-pyrrole nitrogens is 1. The number of nitrogens with one attached hydrogen (secondary N) is 2. The zero-order chi connectivity index (χ0) is 15.4. The molecule has 1 atom stereocenters. The van der Waals surface area contributed by atoms with Gasteiger partial charge in [-0.25, -0.2) is 0 Å². The van der Waals surface area contributed by atoms with E-state index in [1.807, 2.05) is 25.2 Å². The van der Waals surface area contributed by atoms with E-state index in [-0.39, 0.29) is 6.04 Å². The molecule has 1 unspecified atom stereocenters.